The number of hydrogen-bond acceptors (Lipinski definition) is 2. The first-order valence-corrected chi connectivity index (χ1v) is 11.6. The lowest BCUT2D eigenvalue weighted by Gasteiger charge is -2.21. The SMILES string of the molecule is Cc1cc2cc(-c3cn[nH]c3)ccc2n1CC1CC(C)N(C(=O)CCc2cccc(F)c2)C1. The number of aryl methyl sites for hydroxylation is 2. The van der Waals surface area contributed by atoms with Crippen LogP contribution >= 0.6 is 0 Å². The predicted molar refractivity (Wildman–Crippen MR) is 128 cm³/mol. The Balaban J connectivity index is 1.26. The van der Waals surface area contributed by atoms with E-state index in [0.717, 1.165) is 36.2 Å². The second-order valence-electron chi connectivity index (χ2n) is 9.28. The van der Waals surface area contributed by atoms with Crippen molar-refractivity contribution in [3.05, 3.63) is 78.0 Å². The number of fused-ring (bicyclic) bond motifs is 1. The third kappa shape index (κ3) is 4.42. The summed E-state index contributed by atoms with van der Waals surface area (Å²) in [7, 11) is 0. The molecule has 1 amide bonds. The Bertz CT molecular complexity index is 1280. The third-order valence-electron chi connectivity index (χ3n) is 6.88. The van der Waals surface area contributed by atoms with Crippen molar-refractivity contribution in [2.45, 2.75) is 45.7 Å². The lowest BCUT2D eigenvalue weighted by molar-refractivity contribution is -0.131. The van der Waals surface area contributed by atoms with Gasteiger partial charge in [0.1, 0.15) is 5.82 Å². The zero-order chi connectivity index (χ0) is 22.9. The van der Waals surface area contributed by atoms with Crippen molar-refractivity contribution in [1.29, 1.82) is 0 Å². The van der Waals surface area contributed by atoms with Crippen LogP contribution in [0.2, 0.25) is 0 Å². The number of aromatic amines is 1. The molecule has 5 rings (SSSR count). The largest absolute Gasteiger partial charge is 0.345 e. The van der Waals surface area contributed by atoms with Crippen LogP contribution in [-0.2, 0) is 17.8 Å². The Kier molecular flexibility index (Phi) is 5.75. The Morgan fingerprint density at radius 3 is 2.85 bits per heavy atom. The monoisotopic (exact) mass is 444 g/mol. The van der Waals surface area contributed by atoms with E-state index < -0.39 is 0 Å². The van der Waals surface area contributed by atoms with Crippen LogP contribution in [0.3, 0.4) is 0 Å². The summed E-state index contributed by atoms with van der Waals surface area (Å²) in [6, 6.07) is 15.5. The van der Waals surface area contributed by atoms with E-state index in [1.165, 1.54) is 28.7 Å². The second kappa shape index (κ2) is 8.85. The first-order chi connectivity index (χ1) is 16.0. The molecule has 0 bridgehead atoms. The molecule has 0 spiro atoms. The lowest BCUT2D eigenvalue weighted by atomic mass is 10.1. The molecule has 33 heavy (non-hydrogen) atoms. The van der Waals surface area contributed by atoms with Gasteiger partial charge in [-0.05, 0) is 74.1 Å². The molecule has 2 aromatic heterocycles. The van der Waals surface area contributed by atoms with Gasteiger partial charge >= 0.3 is 0 Å². The lowest BCUT2D eigenvalue weighted by Crippen LogP contribution is -2.34. The number of benzene rings is 2. The molecule has 2 unspecified atom stereocenters. The average Bonchev–Trinajstić information content (AvgIpc) is 3.52. The van der Waals surface area contributed by atoms with Crippen LogP contribution in [0, 0.1) is 18.7 Å². The minimum Gasteiger partial charge on any atom is -0.345 e. The molecule has 1 aliphatic rings. The van der Waals surface area contributed by atoms with Crippen molar-refractivity contribution in [1.82, 2.24) is 19.7 Å². The van der Waals surface area contributed by atoms with Crippen molar-refractivity contribution in [3.8, 4) is 11.1 Å². The van der Waals surface area contributed by atoms with Crippen LogP contribution < -0.4 is 0 Å². The van der Waals surface area contributed by atoms with Crippen LogP contribution in [0.4, 0.5) is 4.39 Å². The molecule has 0 radical (unpaired) electrons. The number of amides is 1. The predicted octanol–water partition coefficient (Wildman–Crippen LogP) is 5.35. The van der Waals surface area contributed by atoms with Gasteiger partial charge in [-0.15, -0.1) is 0 Å². The van der Waals surface area contributed by atoms with E-state index in [1.807, 2.05) is 23.4 Å². The van der Waals surface area contributed by atoms with Gasteiger partial charge in [-0.25, -0.2) is 4.39 Å². The number of carbonyl (C=O) groups is 1. The van der Waals surface area contributed by atoms with Crippen LogP contribution in [0.25, 0.3) is 22.0 Å². The van der Waals surface area contributed by atoms with E-state index in [9.17, 15) is 9.18 Å². The molecule has 2 aromatic carbocycles. The zero-order valence-corrected chi connectivity index (χ0v) is 19.1. The summed E-state index contributed by atoms with van der Waals surface area (Å²) < 4.78 is 15.8. The first-order valence-electron chi connectivity index (χ1n) is 11.6. The quantitative estimate of drug-likeness (QED) is 0.436. The topological polar surface area (TPSA) is 53.9 Å². The number of likely N-dealkylation sites (tertiary alicyclic amines) is 1. The smallest absolute Gasteiger partial charge is 0.223 e. The summed E-state index contributed by atoms with van der Waals surface area (Å²) in [6.07, 6.45) is 5.74. The highest BCUT2D eigenvalue weighted by Gasteiger charge is 2.32. The van der Waals surface area contributed by atoms with E-state index in [0.29, 0.717) is 18.8 Å². The molecule has 1 N–H and O–H groups in total. The molecule has 0 aliphatic carbocycles. The average molecular weight is 445 g/mol. The Hall–Kier alpha value is -3.41. The maximum Gasteiger partial charge on any atom is 0.223 e. The number of aromatic nitrogens is 3. The van der Waals surface area contributed by atoms with Crippen LogP contribution in [-0.4, -0.2) is 38.2 Å². The summed E-state index contributed by atoms with van der Waals surface area (Å²) in [4.78, 5) is 14.9. The van der Waals surface area contributed by atoms with Gasteiger partial charge in [0.15, 0.2) is 0 Å². The molecule has 3 heterocycles. The summed E-state index contributed by atoms with van der Waals surface area (Å²) >= 11 is 0. The van der Waals surface area contributed by atoms with Gasteiger partial charge in [-0.2, -0.15) is 5.10 Å². The van der Waals surface area contributed by atoms with Gasteiger partial charge in [0.25, 0.3) is 0 Å². The molecule has 2 atom stereocenters. The Morgan fingerprint density at radius 1 is 1.18 bits per heavy atom. The molecule has 1 fully saturated rings. The second-order valence-corrected chi connectivity index (χ2v) is 9.28. The summed E-state index contributed by atoms with van der Waals surface area (Å²) in [6.45, 7) is 5.96. The highest BCUT2D eigenvalue weighted by Crippen LogP contribution is 2.30. The summed E-state index contributed by atoms with van der Waals surface area (Å²) in [5.41, 5.74) is 5.56. The number of nitrogens with zero attached hydrogens (tertiary/aromatic N) is 3. The minimum atomic E-state index is -0.249. The fourth-order valence-corrected chi connectivity index (χ4v) is 5.21. The number of H-pyrrole nitrogens is 1. The molecular weight excluding hydrogens is 415 g/mol. The molecule has 6 heteroatoms. The number of hydrogen-bond donors (Lipinski definition) is 1. The van der Waals surface area contributed by atoms with E-state index in [-0.39, 0.29) is 17.8 Å². The van der Waals surface area contributed by atoms with Gasteiger partial charge in [-0.1, -0.05) is 18.2 Å². The van der Waals surface area contributed by atoms with Crippen molar-refractivity contribution in [3.63, 3.8) is 0 Å². The van der Waals surface area contributed by atoms with Crippen molar-refractivity contribution in [2.24, 2.45) is 5.92 Å². The maximum absolute atomic E-state index is 13.4. The van der Waals surface area contributed by atoms with Crippen molar-refractivity contribution in [2.75, 3.05) is 6.54 Å². The number of rotatable bonds is 6. The van der Waals surface area contributed by atoms with Gasteiger partial charge < -0.3 is 9.47 Å². The van der Waals surface area contributed by atoms with Gasteiger partial charge in [0, 0.05) is 53.9 Å². The van der Waals surface area contributed by atoms with Gasteiger partial charge in [-0.3, -0.25) is 9.89 Å². The standard InChI is InChI=1S/C27H29FN4O/c1-18-10-21(17-32(18)27(33)9-6-20-4-3-5-25(28)12-20)16-31-19(2)11-23-13-22(7-8-26(23)31)24-14-29-30-15-24/h3-5,7-8,11-15,18,21H,6,9-10,16-17H2,1-2H3,(H,29,30). The van der Waals surface area contributed by atoms with Gasteiger partial charge in [0.05, 0.1) is 6.20 Å². The summed E-state index contributed by atoms with van der Waals surface area (Å²) in [5.74, 6) is 0.329. The fraction of sp³-hybridized carbons (Fsp3) is 0.333. The third-order valence-corrected chi connectivity index (χ3v) is 6.88. The van der Waals surface area contributed by atoms with E-state index in [1.54, 1.807) is 6.07 Å². The molecule has 4 aromatic rings. The molecule has 1 aliphatic heterocycles. The number of nitrogens with one attached hydrogen (secondary N) is 1. The van der Waals surface area contributed by atoms with Crippen LogP contribution in [0.5, 0.6) is 0 Å². The fourth-order valence-electron chi connectivity index (χ4n) is 5.21. The number of carbonyl (C=O) groups excluding carboxylic acids is 1. The molecule has 1 saturated heterocycles. The first kappa shape index (κ1) is 21.4. The maximum atomic E-state index is 13.4. The van der Waals surface area contributed by atoms with Crippen LogP contribution in [0.15, 0.2) is 60.9 Å². The highest BCUT2D eigenvalue weighted by atomic mass is 19.1. The Morgan fingerprint density at radius 2 is 2.06 bits per heavy atom. The van der Waals surface area contributed by atoms with Crippen molar-refractivity contribution >= 4 is 16.8 Å². The van der Waals surface area contributed by atoms with E-state index in [2.05, 4.69) is 52.9 Å². The molecule has 170 valence electrons. The molecular formula is C27H29FN4O. The normalized spacial score (nSPS) is 18.3. The summed E-state index contributed by atoms with van der Waals surface area (Å²) in [5, 5.41) is 8.15. The zero-order valence-electron chi connectivity index (χ0n) is 19.1. The van der Waals surface area contributed by atoms with Gasteiger partial charge in [0.2, 0.25) is 5.91 Å². The van der Waals surface area contributed by atoms with Crippen molar-refractivity contribution < 1.29 is 9.18 Å². The minimum absolute atomic E-state index is 0.160. The number of halogens is 1. The van der Waals surface area contributed by atoms with E-state index >= 15 is 0 Å². The Labute approximate surface area is 193 Å². The van der Waals surface area contributed by atoms with Crippen LogP contribution in [0.1, 0.15) is 31.0 Å². The van der Waals surface area contributed by atoms with E-state index in [4.69, 9.17) is 0 Å². The molecule has 0 saturated carbocycles. The molecule has 5 nitrogen and oxygen atoms in total. The highest BCUT2D eigenvalue weighted by molar-refractivity contribution is 5.86.